The molecule has 24 heavy (non-hydrogen) atoms. The monoisotopic (exact) mass is 384 g/mol. The van der Waals surface area contributed by atoms with E-state index in [2.05, 4.69) is 21.2 Å². The maximum absolute atomic E-state index is 12.5. The number of hydrogen-bond donors (Lipinski definition) is 1. The molecule has 0 spiro atoms. The van der Waals surface area contributed by atoms with Gasteiger partial charge in [0.2, 0.25) is 11.8 Å². The van der Waals surface area contributed by atoms with Crippen molar-refractivity contribution in [3.63, 3.8) is 0 Å². The topological polar surface area (TPSA) is 49.4 Å². The van der Waals surface area contributed by atoms with Crippen LogP contribution in [-0.2, 0) is 9.59 Å². The van der Waals surface area contributed by atoms with Crippen molar-refractivity contribution in [3.8, 4) is 0 Å². The summed E-state index contributed by atoms with van der Waals surface area (Å²) in [4.78, 5) is 26.1. The Morgan fingerprint density at radius 1 is 1.12 bits per heavy atom. The van der Waals surface area contributed by atoms with Crippen LogP contribution in [-0.4, -0.2) is 16.7 Å². The summed E-state index contributed by atoms with van der Waals surface area (Å²) in [5.41, 5.74) is 2.74. The molecule has 1 N–H and O–H groups in total. The van der Waals surface area contributed by atoms with E-state index in [0.717, 1.165) is 21.3 Å². The number of rotatable bonds is 3. The number of fused-ring (bicyclic) bond motifs is 1. The molecule has 1 aliphatic heterocycles. The van der Waals surface area contributed by atoms with E-state index in [-0.39, 0.29) is 24.3 Å². The van der Waals surface area contributed by atoms with Crippen LogP contribution in [0.2, 0.25) is 0 Å². The molecule has 0 radical (unpaired) electrons. The molecule has 1 heterocycles. The molecule has 4 nitrogen and oxygen atoms in total. The van der Waals surface area contributed by atoms with Gasteiger partial charge in [-0.3, -0.25) is 9.59 Å². The van der Waals surface area contributed by atoms with E-state index in [0.29, 0.717) is 0 Å². The molecule has 1 atom stereocenters. The lowest BCUT2D eigenvalue weighted by molar-refractivity contribution is -0.129. The number of para-hydroxylation sites is 1. The zero-order valence-corrected chi connectivity index (χ0v) is 14.8. The second kappa shape index (κ2) is 7.01. The highest BCUT2D eigenvalue weighted by Crippen LogP contribution is 2.33. The molecule has 0 aromatic heterocycles. The Morgan fingerprint density at radius 2 is 1.83 bits per heavy atom. The van der Waals surface area contributed by atoms with Crippen molar-refractivity contribution in [3.05, 3.63) is 70.3 Å². The van der Waals surface area contributed by atoms with Crippen LogP contribution in [0.4, 0.5) is 5.69 Å². The Labute approximate surface area is 149 Å². The number of anilines is 1. The van der Waals surface area contributed by atoms with Gasteiger partial charge >= 0.3 is 0 Å². The quantitative estimate of drug-likeness (QED) is 0.854. The molecule has 122 valence electrons. The normalized spacial score (nSPS) is 15.8. The molecule has 2 aromatic carbocycles. The second-order valence-corrected chi connectivity index (χ2v) is 6.47. The van der Waals surface area contributed by atoms with Crippen molar-refractivity contribution < 1.29 is 9.59 Å². The number of nitrogens with one attached hydrogen (secondary N) is 1. The van der Waals surface area contributed by atoms with Gasteiger partial charge in [-0.1, -0.05) is 36.4 Å². The minimum atomic E-state index is -0.300. The maximum Gasteiger partial charge on any atom is 0.226 e. The van der Waals surface area contributed by atoms with Crippen LogP contribution in [0.1, 0.15) is 30.5 Å². The number of carbonyl (C=O) groups excluding carboxylic acids is 2. The molecule has 0 bridgehead atoms. The van der Waals surface area contributed by atoms with Gasteiger partial charge < -0.3 is 10.2 Å². The molecule has 0 fully saturated rings. The van der Waals surface area contributed by atoms with E-state index in [9.17, 15) is 9.59 Å². The van der Waals surface area contributed by atoms with Crippen molar-refractivity contribution in [2.45, 2.75) is 19.4 Å². The van der Waals surface area contributed by atoms with Crippen molar-refractivity contribution in [1.29, 1.82) is 0 Å². The smallest absolute Gasteiger partial charge is 0.226 e. The van der Waals surface area contributed by atoms with Crippen LogP contribution in [0.25, 0.3) is 6.08 Å². The van der Waals surface area contributed by atoms with E-state index < -0.39 is 0 Å². The summed E-state index contributed by atoms with van der Waals surface area (Å²) < 4.78 is 0.825. The van der Waals surface area contributed by atoms with Crippen LogP contribution in [0, 0.1) is 0 Å². The number of benzene rings is 2. The van der Waals surface area contributed by atoms with Gasteiger partial charge in [0, 0.05) is 17.6 Å². The molecule has 0 aliphatic carbocycles. The Bertz CT molecular complexity index is 817. The van der Waals surface area contributed by atoms with Gasteiger partial charge in [0.25, 0.3) is 0 Å². The van der Waals surface area contributed by atoms with Crippen LogP contribution in [0.5, 0.6) is 0 Å². The van der Waals surface area contributed by atoms with E-state index >= 15 is 0 Å². The minimum Gasteiger partial charge on any atom is -0.325 e. The van der Waals surface area contributed by atoms with Gasteiger partial charge in [0.1, 0.15) is 0 Å². The van der Waals surface area contributed by atoms with E-state index in [1.165, 1.54) is 6.92 Å². The number of hydrogen-bond acceptors (Lipinski definition) is 2. The highest BCUT2D eigenvalue weighted by atomic mass is 79.9. The largest absolute Gasteiger partial charge is 0.325 e. The third-order valence-corrected chi connectivity index (χ3v) is 4.69. The van der Waals surface area contributed by atoms with Crippen LogP contribution in [0.3, 0.4) is 0 Å². The molecule has 0 saturated carbocycles. The zero-order valence-electron chi connectivity index (χ0n) is 13.2. The zero-order chi connectivity index (χ0) is 17.1. The van der Waals surface area contributed by atoms with Crippen molar-refractivity contribution in [2.24, 2.45) is 0 Å². The van der Waals surface area contributed by atoms with Gasteiger partial charge in [0.05, 0.1) is 18.2 Å². The van der Waals surface area contributed by atoms with Crippen molar-refractivity contribution in [1.82, 2.24) is 4.90 Å². The SMILES string of the molecule is CC(=O)N1C=Cc2ccccc2[C@H]1CC(=O)Nc1ccccc1Br. The summed E-state index contributed by atoms with van der Waals surface area (Å²) in [7, 11) is 0. The number of carbonyl (C=O) groups is 2. The fraction of sp³-hybridized carbons (Fsp3) is 0.158. The molecule has 2 amide bonds. The lowest BCUT2D eigenvalue weighted by Gasteiger charge is -2.32. The standard InChI is InChI=1S/C19H17BrN2O2/c1-13(23)22-11-10-14-6-2-3-7-15(14)18(22)12-19(24)21-17-9-5-4-8-16(17)20/h2-11,18H,12H2,1H3,(H,21,24)/t18-/m1/s1. The molecule has 1 aliphatic rings. The fourth-order valence-corrected chi connectivity index (χ4v) is 3.24. The number of halogens is 1. The third-order valence-electron chi connectivity index (χ3n) is 4.00. The van der Waals surface area contributed by atoms with Crippen molar-refractivity contribution in [2.75, 3.05) is 5.32 Å². The first-order valence-electron chi connectivity index (χ1n) is 7.66. The lowest BCUT2D eigenvalue weighted by Crippen LogP contribution is -2.33. The van der Waals surface area contributed by atoms with Gasteiger partial charge in [-0.05, 0) is 45.3 Å². The predicted molar refractivity (Wildman–Crippen MR) is 98.1 cm³/mol. The summed E-state index contributed by atoms with van der Waals surface area (Å²) in [6, 6.07) is 15.0. The first kappa shape index (κ1) is 16.5. The van der Waals surface area contributed by atoms with Crippen LogP contribution in [0.15, 0.2) is 59.2 Å². The van der Waals surface area contributed by atoms with Gasteiger partial charge in [-0.15, -0.1) is 0 Å². The lowest BCUT2D eigenvalue weighted by atomic mass is 9.93. The summed E-state index contributed by atoms with van der Waals surface area (Å²) in [5.74, 6) is -0.220. The predicted octanol–water partition coefficient (Wildman–Crippen LogP) is 4.35. The highest BCUT2D eigenvalue weighted by Gasteiger charge is 2.28. The summed E-state index contributed by atoms with van der Waals surface area (Å²) in [5, 5.41) is 2.90. The van der Waals surface area contributed by atoms with Gasteiger partial charge in [0.15, 0.2) is 0 Å². The van der Waals surface area contributed by atoms with Gasteiger partial charge in [-0.25, -0.2) is 0 Å². The van der Waals surface area contributed by atoms with E-state index in [1.54, 1.807) is 11.1 Å². The number of nitrogens with zero attached hydrogens (tertiary/aromatic N) is 1. The minimum absolute atomic E-state index is 0.0838. The molecule has 0 unspecified atom stereocenters. The first-order valence-corrected chi connectivity index (χ1v) is 8.46. The molecule has 0 saturated heterocycles. The fourth-order valence-electron chi connectivity index (χ4n) is 2.85. The summed E-state index contributed by atoms with van der Waals surface area (Å²) in [6.45, 7) is 1.51. The Morgan fingerprint density at radius 3 is 2.58 bits per heavy atom. The van der Waals surface area contributed by atoms with Crippen LogP contribution < -0.4 is 5.32 Å². The Hall–Kier alpha value is -2.40. The second-order valence-electron chi connectivity index (χ2n) is 5.62. The molecular formula is C19H17BrN2O2. The van der Waals surface area contributed by atoms with E-state index in [1.807, 2.05) is 54.6 Å². The molecule has 3 rings (SSSR count). The molecule has 5 heteroatoms. The van der Waals surface area contributed by atoms with E-state index in [4.69, 9.17) is 0 Å². The molecular weight excluding hydrogens is 368 g/mol. The van der Waals surface area contributed by atoms with Crippen LogP contribution >= 0.6 is 15.9 Å². The number of amides is 2. The average molecular weight is 385 g/mol. The summed E-state index contributed by atoms with van der Waals surface area (Å²) >= 11 is 3.42. The Kier molecular flexibility index (Phi) is 4.81. The molecule has 2 aromatic rings. The first-order chi connectivity index (χ1) is 11.6. The third kappa shape index (κ3) is 3.41. The Balaban J connectivity index is 1.83. The average Bonchev–Trinajstić information content (AvgIpc) is 2.57. The summed E-state index contributed by atoms with van der Waals surface area (Å²) in [6.07, 6.45) is 3.85. The van der Waals surface area contributed by atoms with Crippen molar-refractivity contribution >= 4 is 39.5 Å². The maximum atomic E-state index is 12.5. The van der Waals surface area contributed by atoms with Gasteiger partial charge in [-0.2, -0.15) is 0 Å². The highest BCUT2D eigenvalue weighted by molar-refractivity contribution is 9.10.